The van der Waals surface area contributed by atoms with Crippen LogP contribution in [0.25, 0.3) is 5.69 Å². The lowest BCUT2D eigenvalue weighted by atomic mass is 9.93. The van der Waals surface area contributed by atoms with Crippen LogP contribution >= 0.6 is 12.4 Å². The molecule has 2 aromatic rings. The number of hydrogen-bond donors (Lipinski definition) is 4. The molecule has 3 fully saturated rings. The van der Waals surface area contributed by atoms with Crippen LogP contribution in [0.1, 0.15) is 19.4 Å². The van der Waals surface area contributed by atoms with Crippen molar-refractivity contribution in [3.8, 4) is 5.69 Å². The number of aromatic nitrogens is 2. The fourth-order valence-corrected chi connectivity index (χ4v) is 5.92. The first-order chi connectivity index (χ1) is 18.0. The van der Waals surface area contributed by atoms with E-state index in [1.54, 1.807) is 35.9 Å². The standard InChI is InChI=1S/C26H34N8O4.ClH/c1-25(2,28)22(36)32-9-11-33(12-10-32)23(37)30-19-7-8-34(24(38)31-19)17-5-3-16(4-6-17)13-26-15-29-14-18(26)20(26)21(27)35;/h3-8,18,20,29H,9-15,28H2,1-2H3,(H2,27,35)(H,30,31,37,38);1H. The number of anilines is 1. The molecule has 2 aliphatic heterocycles. The number of urea groups is 1. The number of piperidine rings is 1. The van der Waals surface area contributed by atoms with Crippen molar-refractivity contribution >= 4 is 36.1 Å². The van der Waals surface area contributed by atoms with Crippen molar-refractivity contribution in [1.82, 2.24) is 24.7 Å². The Morgan fingerprint density at radius 2 is 1.74 bits per heavy atom. The third kappa shape index (κ3) is 5.49. The van der Waals surface area contributed by atoms with E-state index in [4.69, 9.17) is 11.5 Å². The van der Waals surface area contributed by atoms with Crippen LogP contribution in [0, 0.1) is 17.3 Å². The van der Waals surface area contributed by atoms with E-state index in [0.717, 1.165) is 25.1 Å². The van der Waals surface area contributed by atoms with Gasteiger partial charge < -0.3 is 26.6 Å². The van der Waals surface area contributed by atoms with E-state index in [1.165, 1.54) is 4.57 Å². The maximum Gasteiger partial charge on any atom is 0.354 e. The monoisotopic (exact) mass is 558 g/mol. The molecule has 3 atom stereocenters. The zero-order valence-electron chi connectivity index (χ0n) is 22.1. The van der Waals surface area contributed by atoms with E-state index in [2.05, 4.69) is 15.6 Å². The van der Waals surface area contributed by atoms with Crippen molar-refractivity contribution < 1.29 is 14.4 Å². The number of amides is 4. The summed E-state index contributed by atoms with van der Waals surface area (Å²) in [4.78, 5) is 56.8. The van der Waals surface area contributed by atoms with Crippen molar-refractivity contribution in [1.29, 1.82) is 0 Å². The maximum absolute atomic E-state index is 12.7. The first-order valence-corrected chi connectivity index (χ1v) is 12.8. The molecule has 0 bridgehead atoms. The number of primary amides is 1. The molecule has 12 nitrogen and oxygen atoms in total. The van der Waals surface area contributed by atoms with Crippen LogP contribution in [0.4, 0.5) is 10.6 Å². The van der Waals surface area contributed by atoms with Crippen LogP contribution in [-0.4, -0.2) is 82.0 Å². The Labute approximate surface area is 232 Å². The van der Waals surface area contributed by atoms with Gasteiger partial charge in [0.05, 0.1) is 11.2 Å². The predicted molar refractivity (Wildman–Crippen MR) is 148 cm³/mol. The van der Waals surface area contributed by atoms with E-state index >= 15 is 0 Å². The molecule has 4 amide bonds. The molecule has 0 spiro atoms. The average molecular weight is 559 g/mol. The fraction of sp³-hybridized carbons (Fsp3) is 0.500. The number of halogens is 1. The lowest BCUT2D eigenvalue weighted by Gasteiger charge is -2.37. The molecular formula is C26H35ClN8O4. The molecule has 1 saturated carbocycles. The molecule has 13 heteroatoms. The fourth-order valence-electron chi connectivity index (χ4n) is 5.92. The molecule has 3 aliphatic rings. The van der Waals surface area contributed by atoms with Gasteiger partial charge in [0.1, 0.15) is 5.82 Å². The van der Waals surface area contributed by atoms with E-state index in [-0.39, 0.29) is 47.4 Å². The van der Waals surface area contributed by atoms with E-state index < -0.39 is 11.2 Å². The highest BCUT2D eigenvalue weighted by Gasteiger charge is 2.68. The van der Waals surface area contributed by atoms with Crippen LogP contribution < -0.4 is 27.8 Å². The summed E-state index contributed by atoms with van der Waals surface area (Å²) in [6.45, 7) is 6.41. The van der Waals surface area contributed by atoms with Gasteiger partial charge >= 0.3 is 11.7 Å². The van der Waals surface area contributed by atoms with Crippen LogP contribution in [0.3, 0.4) is 0 Å². The molecule has 210 valence electrons. The lowest BCUT2D eigenvalue weighted by molar-refractivity contribution is -0.137. The van der Waals surface area contributed by atoms with Gasteiger partial charge in [-0.05, 0) is 56.5 Å². The predicted octanol–water partition coefficient (Wildman–Crippen LogP) is -0.0689. The molecule has 5 rings (SSSR count). The SMILES string of the molecule is CC(C)(N)C(=O)N1CCN(C(=O)Nc2ccn(-c3ccc(CC45CNCC4C5C(N)=O)cc3)c(=O)n2)CC1.Cl. The van der Waals surface area contributed by atoms with Gasteiger partial charge in [0.2, 0.25) is 11.8 Å². The molecule has 2 saturated heterocycles. The number of rotatable bonds is 6. The van der Waals surface area contributed by atoms with Gasteiger partial charge in [0.15, 0.2) is 0 Å². The number of nitrogens with two attached hydrogens (primary N) is 2. The Balaban J connectivity index is 0.00000353. The van der Waals surface area contributed by atoms with Gasteiger partial charge in [0.25, 0.3) is 0 Å². The molecular weight excluding hydrogens is 524 g/mol. The third-order valence-corrected chi connectivity index (χ3v) is 7.97. The van der Waals surface area contributed by atoms with Crippen LogP contribution in [0.2, 0.25) is 0 Å². The Kier molecular flexibility index (Phi) is 7.75. The van der Waals surface area contributed by atoms with Gasteiger partial charge in [-0.1, -0.05) is 12.1 Å². The summed E-state index contributed by atoms with van der Waals surface area (Å²) in [5, 5.41) is 6.02. The quantitative estimate of drug-likeness (QED) is 0.384. The molecule has 1 aromatic carbocycles. The van der Waals surface area contributed by atoms with E-state index in [1.807, 2.05) is 24.3 Å². The minimum absolute atomic E-state index is 0. The molecule has 6 N–H and O–H groups in total. The number of carbonyl (C=O) groups excluding carboxylic acids is 3. The summed E-state index contributed by atoms with van der Waals surface area (Å²) >= 11 is 0. The first kappa shape index (κ1) is 28.5. The summed E-state index contributed by atoms with van der Waals surface area (Å²) in [7, 11) is 0. The van der Waals surface area contributed by atoms with Crippen LogP contribution in [-0.2, 0) is 16.0 Å². The van der Waals surface area contributed by atoms with E-state index in [9.17, 15) is 19.2 Å². The number of hydrogen-bond acceptors (Lipinski definition) is 7. The van der Waals surface area contributed by atoms with Gasteiger partial charge in [-0.2, -0.15) is 4.98 Å². The summed E-state index contributed by atoms with van der Waals surface area (Å²) in [5.41, 5.74) is 11.6. The summed E-state index contributed by atoms with van der Waals surface area (Å²) in [6, 6.07) is 8.78. The molecule has 1 aromatic heterocycles. The van der Waals surface area contributed by atoms with Gasteiger partial charge in [0, 0.05) is 50.3 Å². The minimum Gasteiger partial charge on any atom is -0.369 e. The van der Waals surface area contributed by atoms with Crippen molar-refractivity contribution in [2.24, 2.45) is 28.7 Å². The number of nitrogens with one attached hydrogen (secondary N) is 2. The molecule has 1 aliphatic carbocycles. The molecule has 0 radical (unpaired) electrons. The second-order valence-corrected chi connectivity index (χ2v) is 11.1. The highest BCUT2D eigenvalue weighted by molar-refractivity contribution is 5.89. The van der Waals surface area contributed by atoms with Crippen molar-refractivity contribution in [2.45, 2.75) is 25.8 Å². The third-order valence-electron chi connectivity index (χ3n) is 7.97. The average Bonchev–Trinajstić information content (AvgIpc) is 3.31. The summed E-state index contributed by atoms with van der Waals surface area (Å²) in [6.07, 6.45) is 2.32. The van der Waals surface area contributed by atoms with Gasteiger partial charge in [-0.15, -0.1) is 12.4 Å². The zero-order chi connectivity index (χ0) is 27.2. The Bertz CT molecular complexity index is 1320. The molecule has 39 heavy (non-hydrogen) atoms. The van der Waals surface area contributed by atoms with Crippen molar-refractivity contribution in [3.05, 3.63) is 52.6 Å². The first-order valence-electron chi connectivity index (χ1n) is 12.8. The number of carbonyl (C=O) groups is 3. The zero-order valence-corrected chi connectivity index (χ0v) is 22.9. The van der Waals surface area contributed by atoms with E-state index in [0.29, 0.717) is 37.8 Å². The highest BCUT2D eigenvalue weighted by Crippen LogP contribution is 2.62. The highest BCUT2D eigenvalue weighted by atomic mass is 35.5. The van der Waals surface area contributed by atoms with Crippen LogP contribution in [0.5, 0.6) is 0 Å². The molecule has 3 unspecified atom stereocenters. The number of fused-ring (bicyclic) bond motifs is 1. The van der Waals surface area contributed by atoms with Crippen molar-refractivity contribution in [3.63, 3.8) is 0 Å². The largest absolute Gasteiger partial charge is 0.369 e. The lowest BCUT2D eigenvalue weighted by Crippen LogP contribution is -2.58. The van der Waals surface area contributed by atoms with Crippen molar-refractivity contribution in [2.75, 3.05) is 44.6 Å². The Morgan fingerprint density at radius 1 is 1.10 bits per heavy atom. The summed E-state index contributed by atoms with van der Waals surface area (Å²) < 4.78 is 1.40. The summed E-state index contributed by atoms with van der Waals surface area (Å²) in [5.74, 6) is -0.0238. The smallest absolute Gasteiger partial charge is 0.354 e. The number of benzene rings is 1. The van der Waals surface area contributed by atoms with Crippen LogP contribution in [0.15, 0.2) is 41.3 Å². The molecule has 3 heterocycles. The van der Waals surface area contributed by atoms with Gasteiger partial charge in [-0.3, -0.25) is 19.5 Å². The maximum atomic E-state index is 12.7. The Morgan fingerprint density at radius 3 is 2.31 bits per heavy atom. The van der Waals surface area contributed by atoms with Gasteiger partial charge in [-0.25, -0.2) is 9.59 Å². The second-order valence-electron chi connectivity index (χ2n) is 11.1. The minimum atomic E-state index is -0.958. The second kappa shape index (κ2) is 10.6. The normalized spacial score (nSPS) is 24.0. The number of piperazine rings is 1. The number of nitrogens with zero attached hydrogens (tertiary/aromatic N) is 4. The topological polar surface area (TPSA) is 169 Å². The Hall–Kier alpha value is -3.48.